The zero-order valence-electron chi connectivity index (χ0n) is 6.72. The number of nitrogens with zero attached hydrogens (tertiary/aromatic N) is 1. The summed E-state index contributed by atoms with van der Waals surface area (Å²) >= 11 is 13.1. The molecule has 1 aromatic heterocycles. The van der Waals surface area contributed by atoms with Crippen molar-refractivity contribution >= 4 is 45.4 Å². The molecule has 1 fully saturated rings. The molecule has 1 saturated heterocycles. The van der Waals surface area contributed by atoms with Gasteiger partial charge in [0, 0.05) is 13.0 Å². The Bertz CT molecular complexity index is 350. The van der Waals surface area contributed by atoms with Crippen molar-refractivity contribution in [2.24, 2.45) is 0 Å². The van der Waals surface area contributed by atoms with Gasteiger partial charge in [-0.15, -0.1) is 11.3 Å². The van der Waals surface area contributed by atoms with Crippen molar-refractivity contribution in [1.82, 2.24) is 0 Å². The van der Waals surface area contributed by atoms with Crippen molar-refractivity contribution in [1.29, 1.82) is 0 Å². The van der Waals surface area contributed by atoms with E-state index in [9.17, 15) is 4.79 Å². The molecule has 1 aliphatic heterocycles. The molecule has 13 heavy (non-hydrogen) atoms. The summed E-state index contributed by atoms with van der Waals surface area (Å²) in [6, 6.07) is 1.68. The highest BCUT2D eigenvalue weighted by atomic mass is 35.5. The lowest BCUT2D eigenvalue weighted by Crippen LogP contribution is -2.22. The highest BCUT2D eigenvalue weighted by Gasteiger charge is 2.25. The van der Waals surface area contributed by atoms with E-state index in [4.69, 9.17) is 23.2 Å². The standard InChI is InChI=1S/C8H7Cl2NOS/c9-5-4-6(10)13-8(5)11-3-1-2-7(11)12/h4H,1-3H2. The van der Waals surface area contributed by atoms with Gasteiger partial charge in [-0.1, -0.05) is 23.2 Å². The van der Waals surface area contributed by atoms with Crippen LogP contribution >= 0.6 is 34.5 Å². The Morgan fingerprint density at radius 2 is 2.23 bits per heavy atom. The summed E-state index contributed by atoms with van der Waals surface area (Å²) in [6.07, 6.45) is 1.52. The molecule has 0 aromatic carbocycles. The number of hydrogen-bond donors (Lipinski definition) is 0. The Hall–Kier alpha value is -0.250. The largest absolute Gasteiger partial charge is 0.303 e. The van der Waals surface area contributed by atoms with Gasteiger partial charge in [0.15, 0.2) is 0 Å². The van der Waals surface area contributed by atoms with Gasteiger partial charge in [0.1, 0.15) is 5.00 Å². The zero-order valence-corrected chi connectivity index (χ0v) is 9.05. The van der Waals surface area contributed by atoms with Gasteiger partial charge in [-0.2, -0.15) is 0 Å². The van der Waals surface area contributed by atoms with Crippen LogP contribution in [-0.4, -0.2) is 12.5 Å². The molecule has 0 bridgehead atoms. The molecule has 1 aliphatic rings. The second-order valence-corrected chi connectivity index (χ2v) is 4.92. The van der Waals surface area contributed by atoms with Crippen LogP contribution in [0.4, 0.5) is 5.00 Å². The number of anilines is 1. The fraction of sp³-hybridized carbons (Fsp3) is 0.375. The minimum Gasteiger partial charge on any atom is -0.303 e. The van der Waals surface area contributed by atoms with E-state index in [1.165, 1.54) is 11.3 Å². The maximum Gasteiger partial charge on any atom is 0.227 e. The number of hydrogen-bond acceptors (Lipinski definition) is 2. The van der Waals surface area contributed by atoms with E-state index in [2.05, 4.69) is 0 Å². The van der Waals surface area contributed by atoms with E-state index in [1.54, 1.807) is 11.0 Å². The Balaban J connectivity index is 2.34. The third-order valence-corrected chi connectivity index (χ3v) is 3.64. The number of carbonyl (C=O) groups excluding carboxylic acids is 1. The lowest BCUT2D eigenvalue weighted by Gasteiger charge is -2.12. The molecule has 0 saturated carbocycles. The predicted octanol–water partition coefficient (Wildman–Crippen LogP) is 3.18. The summed E-state index contributed by atoms with van der Waals surface area (Å²) in [4.78, 5) is 13.1. The van der Waals surface area contributed by atoms with Crippen LogP contribution < -0.4 is 4.90 Å². The highest BCUT2D eigenvalue weighted by molar-refractivity contribution is 7.20. The van der Waals surface area contributed by atoms with Crippen LogP contribution in [0.1, 0.15) is 12.8 Å². The topological polar surface area (TPSA) is 20.3 Å². The second-order valence-electron chi connectivity index (χ2n) is 2.85. The number of halogens is 2. The van der Waals surface area contributed by atoms with Gasteiger partial charge in [0.05, 0.1) is 9.36 Å². The average molecular weight is 236 g/mol. The third-order valence-electron chi connectivity index (χ3n) is 1.96. The van der Waals surface area contributed by atoms with Crippen molar-refractivity contribution in [2.45, 2.75) is 12.8 Å². The van der Waals surface area contributed by atoms with Crippen molar-refractivity contribution in [3.05, 3.63) is 15.4 Å². The molecule has 0 unspecified atom stereocenters. The summed E-state index contributed by atoms with van der Waals surface area (Å²) in [7, 11) is 0. The molecular weight excluding hydrogens is 229 g/mol. The van der Waals surface area contributed by atoms with Crippen LogP contribution in [0, 0.1) is 0 Å². The third kappa shape index (κ3) is 1.68. The fourth-order valence-electron chi connectivity index (χ4n) is 1.38. The monoisotopic (exact) mass is 235 g/mol. The highest BCUT2D eigenvalue weighted by Crippen LogP contribution is 2.39. The quantitative estimate of drug-likeness (QED) is 0.733. The maximum atomic E-state index is 11.4. The normalized spacial score (nSPS) is 17.1. The molecule has 1 amide bonds. The van der Waals surface area contributed by atoms with Gasteiger partial charge < -0.3 is 4.90 Å². The SMILES string of the molecule is O=C1CCCN1c1sc(Cl)cc1Cl. The molecular formula is C8H7Cl2NOS. The second kappa shape index (κ2) is 3.48. The molecule has 0 radical (unpaired) electrons. The molecule has 1 aromatic rings. The number of thiophene rings is 1. The molecule has 0 aliphatic carbocycles. The first-order chi connectivity index (χ1) is 6.18. The smallest absolute Gasteiger partial charge is 0.227 e. The molecule has 70 valence electrons. The van der Waals surface area contributed by atoms with Gasteiger partial charge in [0.2, 0.25) is 5.91 Å². The van der Waals surface area contributed by atoms with Crippen LogP contribution in [-0.2, 0) is 4.79 Å². The molecule has 2 rings (SSSR count). The van der Waals surface area contributed by atoms with Crippen LogP contribution in [0.25, 0.3) is 0 Å². The van der Waals surface area contributed by atoms with E-state index >= 15 is 0 Å². The molecule has 0 spiro atoms. The van der Waals surface area contributed by atoms with Crippen molar-refractivity contribution < 1.29 is 4.79 Å². The minimum absolute atomic E-state index is 0.139. The van der Waals surface area contributed by atoms with Gasteiger partial charge in [0.25, 0.3) is 0 Å². The summed E-state index contributed by atoms with van der Waals surface area (Å²) in [6.45, 7) is 0.759. The first kappa shape index (κ1) is 9.31. The fourth-order valence-corrected chi connectivity index (χ4v) is 2.98. The molecule has 2 nitrogen and oxygen atoms in total. The average Bonchev–Trinajstić information content (AvgIpc) is 2.58. The van der Waals surface area contributed by atoms with E-state index < -0.39 is 0 Å². The summed E-state index contributed by atoms with van der Waals surface area (Å²) < 4.78 is 0.625. The van der Waals surface area contributed by atoms with Gasteiger partial charge in [-0.05, 0) is 12.5 Å². The summed E-state index contributed by atoms with van der Waals surface area (Å²) in [5.74, 6) is 0.139. The molecule has 2 heterocycles. The summed E-state index contributed by atoms with van der Waals surface area (Å²) in [5.41, 5.74) is 0. The van der Waals surface area contributed by atoms with Gasteiger partial charge in [-0.3, -0.25) is 4.79 Å². The summed E-state index contributed by atoms with van der Waals surface area (Å²) in [5, 5.41) is 1.36. The number of amides is 1. The first-order valence-electron chi connectivity index (χ1n) is 3.93. The van der Waals surface area contributed by atoms with Gasteiger partial charge in [-0.25, -0.2) is 0 Å². The predicted molar refractivity (Wildman–Crippen MR) is 55.9 cm³/mol. The van der Waals surface area contributed by atoms with Crippen molar-refractivity contribution in [3.63, 3.8) is 0 Å². The number of carbonyl (C=O) groups is 1. The molecule has 0 atom stereocenters. The number of rotatable bonds is 1. The van der Waals surface area contributed by atoms with Crippen molar-refractivity contribution in [3.8, 4) is 0 Å². The van der Waals surface area contributed by atoms with E-state index in [-0.39, 0.29) is 5.91 Å². The van der Waals surface area contributed by atoms with E-state index in [0.29, 0.717) is 15.8 Å². The Kier molecular flexibility index (Phi) is 2.49. The lowest BCUT2D eigenvalue weighted by molar-refractivity contribution is -0.117. The van der Waals surface area contributed by atoms with Crippen molar-refractivity contribution in [2.75, 3.05) is 11.4 Å². The molecule has 5 heteroatoms. The van der Waals surface area contributed by atoms with Crippen LogP contribution in [0.3, 0.4) is 0 Å². The lowest BCUT2D eigenvalue weighted by atomic mass is 10.4. The minimum atomic E-state index is 0.139. The van der Waals surface area contributed by atoms with Crippen LogP contribution in [0.15, 0.2) is 6.07 Å². The van der Waals surface area contributed by atoms with Gasteiger partial charge >= 0.3 is 0 Å². The Morgan fingerprint density at radius 3 is 2.69 bits per heavy atom. The molecule has 0 N–H and O–H groups in total. The van der Waals surface area contributed by atoms with E-state index in [1.807, 2.05) is 0 Å². The Labute approximate surface area is 90.1 Å². The maximum absolute atomic E-state index is 11.4. The Morgan fingerprint density at radius 1 is 1.46 bits per heavy atom. The van der Waals surface area contributed by atoms with Crippen LogP contribution in [0.5, 0.6) is 0 Å². The zero-order chi connectivity index (χ0) is 9.42. The van der Waals surface area contributed by atoms with Crippen LogP contribution in [0.2, 0.25) is 9.36 Å². The van der Waals surface area contributed by atoms with E-state index in [0.717, 1.165) is 18.0 Å². The first-order valence-corrected chi connectivity index (χ1v) is 5.51.